The molecular weight excluding hydrogens is 466 g/mol. The Balaban J connectivity index is 1.62. The van der Waals surface area contributed by atoms with Gasteiger partial charge in [-0.05, 0) is 55.2 Å². The maximum atomic E-state index is 6.38. The van der Waals surface area contributed by atoms with Gasteiger partial charge in [0.1, 0.15) is 35.8 Å². The molecule has 4 aromatic heterocycles. The topological polar surface area (TPSA) is 114 Å². The molecule has 0 spiro atoms. The molecule has 0 aliphatic carbocycles. The van der Waals surface area contributed by atoms with E-state index >= 15 is 0 Å². The van der Waals surface area contributed by atoms with Crippen LogP contribution in [0.4, 0.5) is 5.82 Å². The zero-order valence-electron chi connectivity index (χ0n) is 21.0. The molecule has 9 heteroatoms. The number of benzene rings is 1. The Kier molecular flexibility index (Phi) is 6.49. The van der Waals surface area contributed by atoms with Gasteiger partial charge in [0.15, 0.2) is 0 Å². The second-order valence-electron chi connectivity index (χ2n) is 8.47. The van der Waals surface area contributed by atoms with E-state index in [-0.39, 0.29) is 0 Å². The third kappa shape index (κ3) is 4.70. The maximum absolute atomic E-state index is 6.38. The standard InChI is InChI=1S/C28H25N7O2/c1-17-14-20(6-5-13-36-4)31-15-22(17)25-23(24-26(29)32-16-33-27(24)35(25)3)19-7-9-21(10-8-19)37-28-30-12-11-18(2)34-28/h7-12,14-16H,13H2,1-4H3,(H2,29,32,33). The minimum Gasteiger partial charge on any atom is -0.424 e. The van der Waals surface area contributed by atoms with Crippen LogP contribution in [-0.4, -0.2) is 43.2 Å². The summed E-state index contributed by atoms with van der Waals surface area (Å²) in [4.78, 5) is 21.9. The van der Waals surface area contributed by atoms with Crippen LogP contribution in [0, 0.1) is 25.7 Å². The van der Waals surface area contributed by atoms with Gasteiger partial charge in [-0.1, -0.05) is 18.1 Å². The molecule has 184 valence electrons. The van der Waals surface area contributed by atoms with Gasteiger partial charge in [-0.15, -0.1) is 0 Å². The van der Waals surface area contributed by atoms with Crippen molar-refractivity contribution in [3.8, 4) is 46.0 Å². The van der Waals surface area contributed by atoms with Crippen LogP contribution in [0.25, 0.3) is 33.4 Å². The lowest BCUT2D eigenvalue weighted by atomic mass is 9.97. The zero-order chi connectivity index (χ0) is 25.9. The molecule has 2 N–H and O–H groups in total. The Labute approximate surface area is 214 Å². The Morgan fingerprint density at radius 2 is 1.84 bits per heavy atom. The molecule has 0 atom stereocenters. The number of ether oxygens (including phenoxy) is 2. The number of anilines is 1. The SMILES string of the molecule is COCC#Cc1cc(C)c(-c2c(-c3ccc(Oc4nccc(C)n4)cc3)c3c(N)ncnc3n2C)cn1. The number of aromatic nitrogens is 6. The minimum absolute atomic E-state index is 0.298. The minimum atomic E-state index is 0.298. The van der Waals surface area contributed by atoms with Crippen molar-refractivity contribution in [2.45, 2.75) is 13.8 Å². The molecule has 0 amide bonds. The lowest BCUT2D eigenvalue weighted by molar-refractivity contribution is 0.240. The van der Waals surface area contributed by atoms with Crippen molar-refractivity contribution >= 4 is 16.9 Å². The lowest BCUT2D eigenvalue weighted by Gasteiger charge is -2.12. The predicted octanol–water partition coefficient (Wildman–Crippen LogP) is 4.48. The molecule has 9 nitrogen and oxygen atoms in total. The average Bonchev–Trinajstić information content (AvgIpc) is 3.18. The number of aryl methyl sites for hydroxylation is 3. The summed E-state index contributed by atoms with van der Waals surface area (Å²) in [5.74, 6) is 7.01. The average molecular weight is 492 g/mol. The Hall–Kier alpha value is -4.81. The van der Waals surface area contributed by atoms with Crippen LogP contribution < -0.4 is 10.5 Å². The summed E-state index contributed by atoms with van der Waals surface area (Å²) in [5.41, 5.74) is 13.4. The van der Waals surface area contributed by atoms with E-state index in [0.29, 0.717) is 29.9 Å². The third-order valence-corrected chi connectivity index (χ3v) is 5.92. The van der Waals surface area contributed by atoms with E-state index in [2.05, 4.69) is 36.8 Å². The van der Waals surface area contributed by atoms with Crippen LogP contribution >= 0.6 is 0 Å². The van der Waals surface area contributed by atoms with Gasteiger partial charge in [-0.3, -0.25) is 0 Å². The molecule has 0 fully saturated rings. The van der Waals surface area contributed by atoms with Gasteiger partial charge < -0.3 is 19.8 Å². The molecular formula is C28H25N7O2. The highest BCUT2D eigenvalue weighted by atomic mass is 16.5. The summed E-state index contributed by atoms with van der Waals surface area (Å²) < 4.78 is 12.9. The van der Waals surface area contributed by atoms with Crippen molar-refractivity contribution in [2.24, 2.45) is 7.05 Å². The van der Waals surface area contributed by atoms with Crippen molar-refractivity contribution in [1.29, 1.82) is 0 Å². The number of methoxy groups -OCH3 is 1. The summed E-state index contributed by atoms with van der Waals surface area (Å²) in [5, 5.41) is 0.777. The number of nitrogen functional groups attached to an aromatic ring is 1. The quantitative estimate of drug-likeness (QED) is 0.358. The molecule has 0 bridgehead atoms. The maximum Gasteiger partial charge on any atom is 0.322 e. The summed E-state index contributed by atoms with van der Waals surface area (Å²) in [6, 6.07) is 11.8. The summed E-state index contributed by atoms with van der Waals surface area (Å²) in [6.45, 7) is 4.28. The monoisotopic (exact) mass is 491 g/mol. The molecule has 0 radical (unpaired) electrons. The van der Waals surface area contributed by atoms with Gasteiger partial charge in [0, 0.05) is 43.4 Å². The number of nitrogens with zero attached hydrogens (tertiary/aromatic N) is 6. The van der Waals surface area contributed by atoms with E-state index in [1.54, 1.807) is 13.3 Å². The van der Waals surface area contributed by atoms with E-state index in [0.717, 1.165) is 44.7 Å². The lowest BCUT2D eigenvalue weighted by Crippen LogP contribution is -1.98. The molecule has 5 rings (SSSR count). The molecule has 5 aromatic rings. The largest absolute Gasteiger partial charge is 0.424 e. The number of nitrogens with two attached hydrogens (primary N) is 1. The number of hydrogen-bond acceptors (Lipinski definition) is 8. The molecule has 37 heavy (non-hydrogen) atoms. The van der Waals surface area contributed by atoms with Crippen molar-refractivity contribution in [3.05, 3.63) is 72.1 Å². The zero-order valence-corrected chi connectivity index (χ0v) is 21.0. The summed E-state index contributed by atoms with van der Waals surface area (Å²) in [6.07, 6.45) is 4.98. The van der Waals surface area contributed by atoms with E-state index in [4.69, 9.17) is 15.2 Å². The molecule has 4 heterocycles. The molecule has 0 saturated carbocycles. The van der Waals surface area contributed by atoms with Gasteiger partial charge in [0.2, 0.25) is 0 Å². The van der Waals surface area contributed by atoms with Crippen molar-refractivity contribution in [1.82, 2.24) is 29.5 Å². The summed E-state index contributed by atoms with van der Waals surface area (Å²) >= 11 is 0. The molecule has 0 aliphatic heterocycles. The second-order valence-corrected chi connectivity index (χ2v) is 8.47. The highest BCUT2D eigenvalue weighted by Gasteiger charge is 2.23. The van der Waals surface area contributed by atoms with Crippen LogP contribution in [0.15, 0.2) is 55.1 Å². The van der Waals surface area contributed by atoms with Crippen LogP contribution in [0.1, 0.15) is 17.0 Å². The van der Waals surface area contributed by atoms with E-state index in [9.17, 15) is 0 Å². The fourth-order valence-corrected chi connectivity index (χ4v) is 4.21. The first kappa shape index (κ1) is 23.9. The van der Waals surface area contributed by atoms with Crippen molar-refractivity contribution in [2.75, 3.05) is 19.5 Å². The first-order valence-electron chi connectivity index (χ1n) is 11.6. The second kappa shape index (κ2) is 10.0. The third-order valence-electron chi connectivity index (χ3n) is 5.92. The Morgan fingerprint density at radius 1 is 1.03 bits per heavy atom. The normalized spacial score (nSPS) is 10.8. The molecule has 0 aliphatic rings. The number of rotatable bonds is 5. The van der Waals surface area contributed by atoms with Crippen LogP contribution in [0.5, 0.6) is 11.8 Å². The van der Waals surface area contributed by atoms with E-state index in [1.807, 2.05) is 68.1 Å². The highest BCUT2D eigenvalue weighted by Crippen LogP contribution is 2.42. The van der Waals surface area contributed by atoms with Gasteiger partial charge in [0.25, 0.3) is 0 Å². The van der Waals surface area contributed by atoms with Gasteiger partial charge in [0.05, 0.1) is 11.1 Å². The first-order valence-corrected chi connectivity index (χ1v) is 11.6. The first-order chi connectivity index (χ1) is 18.0. The smallest absolute Gasteiger partial charge is 0.322 e. The number of pyridine rings is 1. The van der Waals surface area contributed by atoms with Crippen molar-refractivity contribution < 1.29 is 9.47 Å². The van der Waals surface area contributed by atoms with Crippen LogP contribution in [-0.2, 0) is 11.8 Å². The van der Waals surface area contributed by atoms with Crippen LogP contribution in [0.2, 0.25) is 0 Å². The Bertz CT molecular complexity index is 1660. The van der Waals surface area contributed by atoms with Crippen molar-refractivity contribution in [3.63, 3.8) is 0 Å². The van der Waals surface area contributed by atoms with Gasteiger partial charge in [-0.25, -0.2) is 24.9 Å². The van der Waals surface area contributed by atoms with E-state index in [1.165, 1.54) is 6.33 Å². The van der Waals surface area contributed by atoms with Crippen LogP contribution in [0.3, 0.4) is 0 Å². The number of fused-ring (bicyclic) bond motifs is 1. The van der Waals surface area contributed by atoms with E-state index < -0.39 is 0 Å². The Morgan fingerprint density at radius 3 is 2.57 bits per heavy atom. The fraction of sp³-hybridized carbons (Fsp3) is 0.179. The predicted molar refractivity (Wildman–Crippen MR) is 142 cm³/mol. The highest BCUT2D eigenvalue weighted by molar-refractivity contribution is 6.08. The van der Waals surface area contributed by atoms with Gasteiger partial charge >= 0.3 is 6.01 Å². The fourth-order valence-electron chi connectivity index (χ4n) is 4.21. The molecule has 0 saturated heterocycles. The molecule has 0 unspecified atom stereocenters. The summed E-state index contributed by atoms with van der Waals surface area (Å²) in [7, 11) is 3.58. The molecule has 1 aromatic carbocycles. The number of hydrogen-bond donors (Lipinski definition) is 1. The van der Waals surface area contributed by atoms with Gasteiger partial charge in [-0.2, -0.15) is 0 Å².